The highest BCUT2D eigenvalue weighted by atomic mass is 19.1. The first-order chi connectivity index (χ1) is 10.7. The van der Waals surface area contributed by atoms with Crippen LogP contribution in [0.25, 0.3) is 11.3 Å². The molecule has 0 spiro atoms. The zero-order valence-corrected chi connectivity index (χ0v) is 13.9. The zero-order valence-electron chi connectivity index (χ0n) is 13.9. The van der Waals surface area contributed by atoms with Gasteiger partial charge in [0.15, 0.2) is 0 Å². The summed E-state index contributed by atoms with van der Waals surface area (Å²) < 4.78 is 20.0. The van der Waals surface area contributed by atoms with Crippen LogP contribution in [0, 0.1) is 5.82 Å². The quantitative estimate of drug-likeness (QED) is 0.928. The van der Waals surface area contributed by atoms with E-state index in [2.05, 4.69) is 5.10 Å². The van der Waals surface area contributed by atoms with Crippen molar-refractivity contribution in [1.29, 1.82) is 0 Å². The number of nitrogens with two attached hydrogens (primary N) is 1. The van der Waals surface area contributed by atoms with Gasteiger partial charge in [-0.15, -0.1) is 0 Å². The molecule has 0 fully saturated rings. The van der Waals surface area contributed by atoms with Gasteiger partial charge in [-0.25, -0.2) is 9.18 Å². The normalized spacial score (nSPS) is 11.5. The van der Waals surface area contributed by atoms with Crippen molar-refractivity contribution in [2.75, 3.05) is 5.73 Å². The van der Waals surface area contributed by atoms with Gasteiger partial charge in [-0.1, -0.05) is 25.5 Å². The van der Waals surface area contributed by atoms with Crippen molar-refractivity contribution >= 4 is 11.8 Å². The predicted octanol–water partition coefficient (Wildman–Crippen LogP) is 4.01. The van der Waals surface area contributed by atoms with E-state index in [1.165, 1.54) is 16.8 Å². The number of ether oxygens (including phenoxy) is 1. The molecular weight excluding hydrogens is 297 g/mol. The molecule has 6 heteroatoms. The van der Waals surface area contributed by atoms with Crippen LogP contribution in [0.15, 0.2) is 24.3 Å². The Kier molecular flexibility index (Phi) is 4.73. The third-order valence-corrected chi connectivity index (χ3v) is 3.17. The molecule has 1 heterocycles. The summed E-state index contributed by atoms with van der Waals surface area (Å²) >= 11 is 0. The summed E-state index contributed by atoms with van der Waals surface area (Å²) in [7, 11) is 0. The third kappa shape index (κ3) is 3.88. The number of nitrogens with zero attached hydrogens (tertiary/aromatic N) is 2. The molecule has 0 saturated heterocycles. The van der Waals surface area contributed by atoms with Crippen molar-refractivity contribution in [3.8, 4) is 11.3 Å². The average Bonchev–Trinajstić information content (AvgIpc) is 2.75. The Bertz CT molecular complexity index is 717. The number of anilines is 1. The molecule has 0 unspecified atom stereocenters. The van der Waals surface area contributed by atoms with Gasteiger partial charge >= 0.3 is 6.09 Å². The number of carbonyl (C=O) groups excluding carboxylic acids is 1. The van der Waals surface area contributed by atoms with E-state index >= 15 is 0 Å². The smallest absolute Gasteiger partial charge is 0.435 e. The summed E-state index contributed by atoms with van der Waals surface area (Å²) in [6.45, 7) is 7.33. The number of benzene rings is 1. The van der Waals surface area contributed by atoms with Crippen LogP contribution >= 0.6 is 0 Å². The van der Waals surface area contributed by atoms with Crippen molar-refractivity contribution in [3.63, 3.8) is 0 Å². The highest BCUT2D eigenvalue weighted by Gasteiger charge is 2.25. The first-order valence-electron chi connectivity index (χ1n) is 7.59. The number of rotatable bonds is 3. The first-order valence-corrected chi connectivity index (χ1v) is 7.59. The minimum absolute atomic E-state index is 0.378. The monoisotopic (exact) mass is 319 g/mol. The van der Waals surface area contributed by atoms with Crippen LogP contribution in [0.5, 0.6) is 0 Å². The first kappa shape index (κ1) is 17.0. The van der Waals surface area contributed by atoms with Gasteiger partial charge in [-0.3, -0.25) is 0 Å². The van der Waals surface area contributed by atoms with Crippen molar-refractivity contribution < 1.29 is 13.9 Å². The Morgan fingerprint density at radius 2 is 2.09 bits per heavy atom. The topological polar surface area (TPSA) is 70.1 Å². The van der Waals surface area contributed by atoms with E-state index in [4.69, 9.17) is 10.5 Å². The third-order valence-electron chi connectivity index (χ3n) is 3.17. The van der Waals surface area contributed by atoms with Crippen LogP contribution in [-0.2, 0) is 11.2 Å². The summed E-state index contributed by atoms with van der Waals surface area (Å²) in [5, 5.41) is 4.27. The molecule has 0 aliphatic rings. The summed E-state index contributed by atoms with van der Waals surface area (Å²) in [6.07, 6.45) is 0.782. The minimum atomic E-state index is -0.639. The Morgan fingerprint density at radius 3 is 2.65 bits per heavy atom. The maximum Gasteiger partial charge on any atom is 0.435 e. The van der Waals surface area contributed by atoms with Gasteiger partial charge in [0.25, 0.3) is 0 Å². The second-order valence-electron chi connectivity index (χ2n) is 6.36. The Balaban J connectivity index is 2.51. The molecule has 0 amide bonds. The molecule has 5 nitrogen and oxygen atoms in total. The van der Waals surface area contributed by atoms with E-state index in [9.17, 15) is 9.18 Å². The van der Waals surface area contributed by atoms with Gasteiger partial charge < -0.3 is 10.5 Å². The second-order valence-corrected chi connectivity index (χ2v) is 6.36. The SMILES string of the molecule is CCCc1c(N)c(-c2cccc(F)c2)nn1C(=O)OC(C)(C)C. The highest BCUT2D eigenvalue weighted by Crippen LogP contribution is 2.29. The van der Waals surface area contributed by atoms with Crippen molar-refractivity contribution in [2.45, 2.75) is 46.1 Å². The molecule has 0 saturated carbocycles. The molecule has 124 valence electrons. The summed E-state index contributed by atoms with van der Waals surface area (Å²) in [5.41, 5.74) is 7.40. The van der Waals surface area contributed by atoms with Gasteiger partial charge in [0.1, 0.15) is 17.1 Å². The van der Waals surface area contributed by atoms with Crippen LogP contribution in [0.1, 0.15) is 39.8 Å². The lowest BCUT2D eigenvalue weighted by atomic mass is 10.1. The fourth-order valence-electron chi connectivity index (χ4n) is 2.25. The second kappa shape index (κ2) is 6.40. The van der Waals surface area contributed by atoms with E-state index in [0.29, 0.717) is 29.1 Å². The molecule has 0 bridgehead atoms. The van der Waals surface area contributed by atoms with E-state index in [0.717, 1.165) is 6.42 Å². The van der Waals surface area contributed by atoms with E-state index in [1.807, 2.05) is 6.92 Å². The number of aromatic nitrogens is 2. The summed E-state index contributed by atoms with van der Waals surface area (Å²) in [5.74, 6) is -0.384. The minimum Gasteiger partial charge on any atom is -0.442 e. The van der Waals surface area contributed by atoms with Crippen LogP contribution in [0.3, 0.4) is 0 Å². The number of halogens is 1. The predicted molar refractivity (Wildman–Crippen MR) is 87.7 cm³/mol. The molecule has 0 aliphatic heterocycles. The Labute approximate surface area is 135 Å². The molecule has 2 N–H and O–H groups in total. The molecular formula is C17H22FN3O2. The largest absolute Gasteiger partial charge is 0.442 e. The molecule has 2 rings (SSSR count). The summed E-state index contributed by atoms with van der Waals surface area (Å²) in [6, 6.07) is 5.97. The van der Waals surface area contributed by atoms with Gasteiger partial charge in [0.2, 0.25) is 0 Å². The summed E-state index contributed by atoms with van der Waals surface area (Å²) in [4.78, 5) is 12.4. The number of hydrogen-bond acceptors (Lipinski definition) is 4. The van der Waals surface area contributed by atoms with Gasteiger partial charge in [-0.2, -0.15) is 9.78 Å². The standard InChI is InChI=1S/C17H22FN3O2/c1-5-7-13-14(19)15(11-8-6-9-12(18)10-11)20-21(13)16(22)23-17(2,3)4/h6,8-10H,5,7,19H2,1-4H3. The zero-order chi connectivity index (χ0) is 17.2. The maximum atomic E-state index is 13.5. The van der Waals surface area contributed by atoms with E-state index in [-0.39, 0.29) is 5.82 Å². The number of nitrogen functional groups attached to an aromatic ring is 1. The Morgan fingerprint density at radius 1 is 1.39 bits per heavy atom. The number of hydrogen-bond donors (Lipinski definition) is 1. The van der Waals surface area contributed by atoms with Crippen LogP contribution in [0.2, 0.25) is 0 Å². The molecule has 0 atom stereocenters. The molecule has 2 aromatic rings. The highest BCUT2D eigenvalue weighted by molar-refractivity contribution is 5.80. The van der Waals surface area contributed by atoms with Crippen LogP contribution in [-0.4, -0.2) is 21.5 Å². The number of carbonyl (C=O) groups is 1. The lowest BCUT2D eigenvalue weighted by Crippen LogP contribution is -2.28. The fraction of sp³-hybridized carbons (Fsp3) is 0.412. The molecule has 0 radical (unpaired) electrons. The van der Waals surface area contributed by atoms with Crippen LogP contribution in [0.4, 0.5) is 14.9 Å². The van der Waals surface area contributed by atoms with E-state index < -0.39 is 11.7 Å². The molecule has 23 heavy (non-hydrogen) atoms. The fourth-order valence-corrected chi connectivity index (χ4v) is 2.25. The average molecular weight is 319 g/mol. The molecule has 0 aliphatic carbocycles. The lowest BCUT2D eigenvalue weighted by Gasteiger charge is -2.19. The van der Waals surface area contributed by atoms with Crippen LogP contribution < -0.4 is 5.73 Å². The lowest BCUT2D eigenvalue weighted by molar-refractivity contribution is 0.0510. The molecule has 1 aromatic heterocycles. The van der Waals surface area contributed by atoms with Gasteiger partial charge in [0.05, 0.1) is 11.4 Å². The Hall–Kier alpha value is -2.37. The maximum absolute atomic E-state index is 13.5. The van der Waals surface area contributed by atoms with Crippen molar-refractivity contribution in [1.82, 2.24) is 9.78 Å². The molecule has 1 aromatic carbocycles. The van der Waals surface area contributed by atoms with Gasteiger partial charge in [-0.05, 0) is 39.3 Å². The van der Waals surface area contributed by atoms with Crippen molar-refractivity contribution in [3.05, 3.63) is 35.8 Å². The van der Waals surface area contributed by atoms with Crippen molar-refractivity contribution in [2.24, 2.45) is 0 Å². The van der Waals surface area contributed by atoms with Gasteiger partial charge in [0, 0.05) is 5.56 Å². The van der Waals surface area contributed by atoms with E-state index in [1.54, 1.807) is 32.9 Å².